The van der Waals surface area contributed by atoms with Gasteiger partial charge in [0.05, 0.1) is 0 Å². The summed E-state index contributed by atoms with van der Waals surface area (Å²) >= 11 is 0. The van der Waals surface area contributed by atoms with E-state index in [-0.39, 0.29) is 5.54 Å². The Morgan fingerprint density at radius 3 is 2.42 bits per heavy atom. The normalized spacial score (nSPS) is 11.0. The Balaban J connectivity index is 2.80. The monoisotopic (exact) mass is 263 g/mol. The van der Waals surface area contributed by atoms with Gasteiger partial charge in [-0.05, 0) is 46.8 Å². The van der Waals surface area contributed by atoms with Crippen LogP contribution >= 0.6 is 0 Å². The first-order chi connectivity index (χ1) is 8.75. The quantitative estimate of drug-likeness (QED) is 0.830. The molecule has 5 nitrogen and oxygen atoms in total. The van der Waals surface area contributed by atoms with Crippen LogP contribution in [0.4, 0.5) is 5.82 Å². The second kappa shape index (κ2) is 5.82. The van der Waals surface area contributed by atoms with Gasteiger partial charge in [-0.15, -0.1) is 0 Å². The second-order valence-electron chi connectivity index (χ2n) is 5.34. The van der Waals surface area contributed by atoms with E-state index in [0.717, 1.165) is 5.69 Å². The summed E-state index contributed by atoms with van der Waals surface area (Å²) in [6, 6.07) is 5.26. The summed E-state index contributed by atoms with van der Waals surface area (Å²) in [5.41, 5.74) is 0.400. The molecular formula is C14H21N3O2. The number of likely N-dealkylation sites (N-methyl/N-ethyl adjacent to an activating group) is 1. The number of carbonyl (C=O) groups is 2. The third-order valence-electron chi connectivity index (χ3n) is 2.70. The van der Waals surface area contributed by atoms with Crippen LogP contribution < -0.4 is 5.32 Å². The molecule has 19 heavy (non-hydrogen) atoms. The van der Waals surface area contributed by atoms with Gasteiger partial charge < -0.3 is 10.2 Å². The largest absolute Gasteiger partial charge is 0.330 e. The first-order valence-electron chi connectivity index (χ1n) is 6.32. The number of aryl methyl sites for hydroxylation is 1. The van der Waals surface area contributed by atoms with Crippen LogP contribution in [0, 0.1) is 6.92 Å². The van der Waals surface area contributed by atoms with Crippen molar-refractivity contribution in [3.8, 4) is 0 Å². The average molecular weight is 263 g/mol. The van der Waals surface area contributed by atoms with E-state index < -0.39 is 11.8 Å². The fraction of sp³-hybridized carbons (Fsp3) is 0.500. The minimum Gasteiger partial charge on any atom is -0.330 e. The van der Waals surface area contributed by atoms with Crippen molar-refractivity contribution in [1.82, 2.24) is 9.88 Å². The van der Waals surface area contributed by atoms with Gasteiger partial charge in [0.25, 0.3) is 0 Å². The van der Waals surface area contributed by atoms with Crippen LogP contribution in [0.15, 0.2) is 18.2 Å². The van der Waals surface area contributed by atoms with E-state index in [4.69, 9.17) is 0 Å². The number of hydrogen-bond donors (Lipinski definition) is 1. The summed E-state index contributed by atoms with van der Waals surface area (Å²) in [4.78, 5) is 29.7. The molecule has 0 bridgehead atoms. The molecular weight excluding hydrogens is 242 g/mol. The first-order valence-corrected chi connectivity index (χ1v) is 6.32. The number of nitrogens with zero attached hydrogens (tertiary/aromatic N) is 2. The number of nitrogens with one attached hydrogen (secondary N) is 1. The Labute approximate surface area is 114 Å². The van der Waals surface area contributed by atoms with Crippen molar-refractivity contribution in [1.29, 1.82) is 0 Å². The SMILES string of the molecule is CCN(C(=O)C(=O)Nc1cccc(C)n1)C(C)(C)C. The molecule has 0 spiro atoms. The molecule has 0 saturated carbocycles. The maximum Gasteiger partial charge on any atom is 0.315 e. The number of amides is 2. The Bertz CT molecular complexity index is 478. The van der Waals surface area contributed by atoms with E-state index in [9.17, 15) is 9.59 Å². The van der Waals surface area contributed by atoms with E-state index in [2.05, 4.69) is 10.3 Å². The third kappa shape index (κ3) is 4.05. The number of aromatic nitrogens is 1. The van der Waals surface area contributed by atoms with Gasteiger partial charge in [-0.2, -0.15) is 0 Å². The molecule has 0 aliphatic carbocycles. The lowest BCUT2D eigenvalue weighted by Crippen LogP contribution is -2.49. The Hall–Kier alpha value is -1.91. The lowest BCUT2D eigenvalue weighted by atomic mass is 10.1. The molecule has 1 aromatic rings. The van der Waals surface area contributed by atoms with Crippen LogP contribution in [0.5, 0.6) is 0 Å². The molecule has 1 N–H and O–H groups in total. The topological polar surface area (TPSA) is 62.3 Å². The zero-order chi connectivity index (χ0) is 14.6. The van der Waals surface area contributed by atoms with Gasteiger partial charge in [0.2, 0.25) is 0 Å². The fourth-order valence-corrected chi connectivity index (χ4v) is 1.83. The zero-order valence-corrected chi connectivity index (χ0v) is 12.2. The van der Waals surface area contributed by atoms with Crippen molar-refractivity contribution < 1.29 is 9.59 Å². The maximum atomic E-state index is 12.1. The van der Waals surface area contributed by atoms with E-state index in [1.165, 1.54) is 4.90 Å². The number of rotatable bonds is 2. The molecule has 5 heteroatoms. The van der Waals surface area contributed by atoms with Gasteiger partial charge >= 0.3 is 11.8 Å². The van der Waals surface area contributed by atoms with Crippen molar-refractivity contribution in [2.75, 3.05) is 11.9 Å². The maximum absolute atomic E-state index is 12.1. The number of anilines is 1. The summed E-state index contributed by atoms with van der Waals surface area (Å²) in [5, 5.41) is 2.53. The standard InChI is InChI=1S/C14H21N3O2/c1-6-17(14(3,4)5)13(19)12(18)16-11-9-7-8-10(2)15-11/h7-9H,6H2,1-5H3,(H,15,16,18). The molecule has 1 heterocycles. The third-order valence-corrected chi connectivity index (χ3v) is 2.70. The molecule has 2 amide bonds. The van der Waals surface area contributed by atoms with Crippen molar-refractivity contribution >= 4 is 17.6 Å². The molecule has 0 aromatic carbocycles. The first kappa shape index (κ1) is 15.1. The lowest BCUT2D eigenvalue weighted by Gasteiger charge is -2.34. The van der Waals surface area contributed by atoms with E-state index >= 15 is 0 Å². The Morgan fingerprint density at radius 2 is 1.95 bits per heavy atom. The summed E-state index contributed by atoms with van der Waals surface area (Å²) in [5.74, 6) is -0.809. The molecule has 1 rings (SSSR count). The Kier molecular flexibility index (Phi) is 4.64. The highest BCUT2D eigenvalue weighted by atomic mass is 16.2. The average Bonchev–Trinajstić information content (AvgIpc) is 2.27. The van der Waals surface area contributed by atoms with Crippen molar-refractivity contribution in [2.24, 2.45) is 0 Å². The predicted octanol–water partition coefficient (Wildman–Crippen LogP) is 1.98. The molecule has 0 saturated heterocycles. The van der Waals surface area contributed by atoms with E-state index in [1.54, 1.807) is 12.1 Å². The summed E-state index contributed by atoms with van der Waals surface area (Å²) < 4.78 is 0. The smallest absolute Gasteiger partial charge is 0.315 e. The number of hydrogen-bond acceptors (Lipinski definition) is 3. The zero-order valence-electron chi connectivity index (χ0n) is 12.2. The van der Waals surface area contributed by atoms with Gasteiger partial charge in [0.15, 0.2) is 0 Å². The minimum absolute atomic E-state index is 0.386. The van der Waals surface area contributed by atoms with Crippen LogP contribution in [0.1, 0.15) is 33.4 Å². The molecule has 0 atom stereocenters. The van der Waals surface area contributed by atoms with Crippen LogP contribution in [0.25, 0.3) is 0 Å². The molecule has 0 aliphatic heterocycles. The van der Waals surface area contributed by atoms with Gasteiger partial charge in [-0.3, -0.25) is 9.59 Å². The predicted molar refractivity (Wildman–Crippen MR) is 74.7 cm³/mol. The highest BCUT2D eigenvalue weighted by molar-refractivity contribution is 6.39. The van der Waals surface area contributed by atoms with Crippen molar-refractivity contribution in [2.45, 2.75) is 40.2 Å². The van der Waals surface area contributed by atoms with Crippen LogP contribution in [-0.2, 0) is 9.59 Å². The highest BCUT2D eigenvalue weighted by Gasteiger charge is 2.29. The number of carbonyl (C=O) groups excluding carboxylic acids is 2. The van der Waals surface area contributed by atoms with Crippen LogP contribution in [0.2, 0.25) is 0 Å². The number of pyridine rings is 1. The van der Waals surface area contributed by atoms with Crippen LogP contribution in [-0.4, -0.2) is 33.8 Å². The summed E-state index contributed by atoms with van der Waals surface area (Å²) in [7, 11) is 0. The molecule has 0 fully saturated rings. The Morgan fingerprint density at radius 1 is 1.32 bits per heavy atom. The van der Waals surface area contributed by atoms with E-state index in [1.807, 2.05) is 40.7 Å². The second-order valence-corrected chi connectivity index (χ2v) is 5.34. The van der Waals surface area contributed by atoms with Crippen molar-refractivity contribution in [3.05, 3.63) is 23.9 Å². The van der Waals surface area contributed by atoms with E-state index in [0.29, 0.717) is 12.4 Å². The molecule has 104 valence electrons. The van der Waals surface area contributed by atoms with Crippen LogP contribution in [0.3, 0.4) is 0 Å². The van der Waals surface area contributed by atoms with Gasteiger partial charge in [0.1, 0.15) is 5.82 Å². The summed E-state index contributed by atoms with van der Waals surface area (Å²) in [6.07, 6.45) is 0. The lowest BCUT2D eigenvalue weighted by molar-refractivity contribution is -0.146. The summed E-state index contributed by atoms with van der Waals surface area (Å²) in [6.45, 7) is 9.84. The molecule has 0 unspecified atom stereocenters. The molecule has 0 aliphatic rings. The minimum atomic E-state index is -0.658. The van der Waals surface area contributed by atoms with Gasteiger partial charge in [0, 0.05) is 17.8 Å². The molecule has 0 radical (unpaired) electrons. The fourth-order valence-electron chi connectivity index (χ4n) is 1.83. The molecule has 1 aromatic heterocycles. The van der Waals surface area contributed by atoms with Crippen molar-refractivity contribution in [3.63, 3.8) is 0 Å². The van der Waals surface area contributed by atoms with Gasteiger partial charge in [-0.25, -0.2) is 4.98 Å². The van der Waals surface area contributed by atoms with Gasteiger partial charge in [-0.1, -0.05) is 6.07 Å². The highest BCUT2D eigenvalue weighted by Crippen LogP contribution is 2.13.